The molecule has 1 amide bonds. The van der Waals surface area contributed by atoms with Crippen LogP contribution in [0.4, 0.5) is 4.39 Å². The van der Waals surface area contributed by atoms with Crippen LogP contribution in [0.15, 0.2) is 24.3 Å². The Labute approximate surface area is 118 Å². The molecule has 20 heavy (non-hydrogen) atoms. The van der Waals surface area contributed by atoms with E-state index in [1.54, 1.807) is 26.0 Å². The Morgan fingerprint density at radius 3 is 2.40 bits per heavy atom. The van der Waals surface area contributed by atoms with Gasteiger partial charge < -0.3 is 5.32 Å². The lowest BCUT2D eigenvalue weighted by atomic mass is 9.83. The highest BCUT2D eigenvalue weighted by Crippen LogP contribution is 2.24. The van der Waals surface area contributed by atoms with Crippen LogP contribution in [-0.4, -0.2) is 31.9 Å². The molecule has 1 aliphatic heterocycles. The maximum absolute atomic E-state index is 12.9. The van der Waals surface area contributed by atoms with Gasteiger partial charge in [0, 0.05) is 6.04 Å². The molecule has 1 saturated heterocycles. The lowest BCUT2D eigenvalue weighted by Gasteiger charge is -2.26. The van der Waals surface area contributed by atoms with Gasteiger partial charge in [0.1, 0.15) is 5.82 Å². The fraction of sp³-hybridized carbons (Fsp3) is 0.500. The quantitative estimate of drug-likeness (QED) is 0.918. The molecule has 1 atom stereocenters. The minimum Gasteiger partial charge on any atom is -0.352 e. The van der Waals surface area contributed by atoms with Crippen LogP contribution >= 0.6 is 0 Å². The lowest BCUT2D eigenvalue weighted by molar-refractivity contribution is -0.126. The molecule has 1 unspecified atom stereocenters. The van der Waals surface area contributed by atoms with E-state index in [1.165, 1.54) is 12.1 Å². The average Bonchev–Trinajstić information content (AvgIpc) is 2.69. The van der Waals surface area contributed by atoms with Crippen molar-refractivity contribution >= 4 is 15.7 Å². The molecule has 2 rings (SSSR count). The molecule has 6 heteroatoms. The Bertz CT molecular complexity index is 608. The van der Waals surface area contributed by atoms with Gasteiger partial charge in [-0.25, -0.2) is 12.8 Å². The summed E-state index contributed by atoms with van der Waals surface area (Å²) in [6, 6.07) is 5.43. The third-order valence-electron chi connectivity index (χ3n) is 3.70. The monoisotopic (exact) mass is 299 g/mol. The number of rotatable bonds is 3. The summed E-state index contributed by atoms with van der Waals surface area (Å²) in [5, 5.41) is 2.78. The van der Waals surface area contributed by atoms with Gasteiger partial charge in [-0.05, 0) is 38.0 Å². The van der Waals surface area contributed by atoms with Crippen LogP contribution in [0.5, 0.6) is 0 Å². The lowest BCUT2D eigenvalue weighted by Crippen LogP contribution is -2.45. The highest BCUT2D eigenvalue weighted by molar-refractivity contribution is 7.91. The third-order valence-corrected chi connectivity index (χ3v) is 5.47. The van der Waals surface area contributed by atoms with E-state index < -0.39 is 15.3 Å². The van der Waals surface area contributed by atoms with Crippen molar-refractivity contribution in [2.24, 2.45) is 0 Å². The van der Waals surface area contributed by atoms with Crippen LogP contribution in [0.25, 0.3) is 0 Å². The van der Waals surface area contributed by atoms with E-state index in [0.29, 0.717) is 12.0 Å². The number of sulfone groups is 1. The molecular weight excluding hydrogens is 281 g/mol. The smallest absolute Gasteiger partial charge is 0.230 e. The van der Waals surface area contributed by atoms with Crippen molar-refractivity contribution in [2.45, 2.75) is 31.7 Å². The number of carbonyl (C=O) groups is 1. The summed E-state index contributed by atoms with van der Waals surface area (Å²) in [7, 11) is -3.02. The molecule has 0 saturated carbocycles. The van der Waals surface area contributed by atoms with Crippen molar-refractivity contribution in [2.75, 3.05) is 11.5 Å². The van der Waals surface area contributed by atoms with Gasteiger partial charge in [-0.3, -0.25) is 4.79 Å². The van der Waals surface area contributed by atoms with Crippen LogP contribution in [0, 0.1) is 5.82 Å². The zero-order valence-corrected chi connectivity index (χ0v) is 12.3. The summed E-state index contributed by atoms with van der Waals surface area (Å²) in [5.74, 6) is -0.481. The van der Waals surface area contributed by atoms with Gasteiger partial charge in [0.25, 0.3) is 0 Å². The number of halogens is 1. The highest BCUT2D eigenvalue weighted by atomic mass is 32.2. The number of benzene rings is 1. The number of amides is 1. The van der Waals surface area contributed by atoms with Crippen molar-refractivity contribution < 1.29 is 17.6 Å². The maximum Gasteiger partial charge on any atom is 0.230 e. The Hall–Kier alpha value is -1.43. The van der Waals surface area contributed by atoms with E-state index in [1.807, 2.05) is 0 Å². The van der Waals surface area contributed by atoms with Crippen molar-refractivity contribution in [3.63, 3.8) is 0 Å². The molecule has 1 heterocycles. The van der Waals surface area contributed by atoms with E-state index in [2.05, 4.69) is 5.32 Å². The number of nitrogens with one attached hydrogen (secondary N) is 1. The molecular formula is C14H18FNO3S. The van der Waals surface area contributed by atoms with Gasteiger partial charge in [-0.1, -0.05) is 12.1 Å². The second-order valence-corrected chi connectivity index (χ2v) is 7.93. The molecule has 0 aliphatic carbocycles. The SMILES string of the molecule is CC(C)(C(=O)NC1CCS(=O)(=O)C1)c1ccc(F)cc1. The van der Waals surface area contributed by atoms with Gasteiger partial charge in [-0.15, -0.1) is 0 Å². The Morgan fingerprint density at radius 1 is 1.30 bits per heavy atom. The summed E-state index contributed by atoms with van der Waals surface area (Å²) in [5.41, 5.74) is -0.141. The summed E-state index contributed by atoms with van der Waals surface area (Å²) < 4.78 is 35.7. The topological polar surface area (TPSA) is 63.2 Å². The predicted octanol–water partition coefficient (Wildman–Crippen LogP) is 1.41. The van der Waals surface area contributed by atoms with Crippen molar-refractivity contribution in [1.82, 2.24) is 5.32 Å². The molecule has 4 nitrogen and oxygen atoms in total. The van der Waals surface area contributed by atoms with Crippen LogP contribution < -0.4 is 5.32 Å². The third kappa shape index (κ3) is 3.17. The fourth-order valence-electron chi connectivity index (χ4n) is 2.27. The van der Waals surface area contributed by atoms with Crippen LogP contribution in [-0.2, 0) is 20.0 Å². The Morgan fingerprint density at radius 2 is 1.90 bits per heavy atom. The van der Waals surface area contributed by atoms with E-state index in [-0.39, 0.29) is 29.3 Å². The Balaban J connectivity index is 2.09. The van der Waals surface area contributed by atoms with Gasteiger partial charge >= 0.3 is 0 Å². The van der Waals surface area contributed by atoms with Gasteiger partial charge in [0.2, 0.25) is 5.91 Å². The number of hydrogen-bond donors (Lipinski definition) is 1. The van der Waals surface area contributed by atoms with Crippen molar-refractivity contribution in [3.8, 4) is 0 Å². The fourth-order valence-corrected chi connectivity index (χ4v) is 3.95. The molecule has 1 aliphatic rings. The van der Waals surface area contributed by atoms with Gasteiger partial charge in [0.05, 0.1) is 16.9 Å². The van der Waals surface area contributed by atoms with Crippen LogP contribution in [0.1, 0.15) is 25.8 Å². The number of carbonyl (C=O) groups excluding carboxylic acids is 1. The largest absolute Gasteiger partial charge is 0.352 e. The normalized spacial score (nSPS) is 21.6. The molecule has 1 N–H and O–H groups in total. The molecule has 0 spiro atoms. The van der Waals surface area contributed by atoms with Gasteiger partial charge in [0.15, 0.2) is 9.84 Å². The van der Waals surface area contributed by atoms with Crippen molar-refractivity contribution in [1.29, 1.82) is 0 Å². The number of hydrogen-bond acceptors (Lipinski definition) is 3. The molecule has 110 valence electrons. The maximum atomic E-state index is 12.9. The van der Waals surface area contributed by atoms with E-state index >= 15 is 0 Å². The van der Waals surface area contributed by atoms with Crippen LogP contribution in [0.3, 0.4) is 0 Å². The molecule has 1 aromatic carbocycles. The van der Waals surface area contributed by atoms with Crippen molar-refractivity contribution in [3.05, 3.63) is 35.6 Å². The van der Waals surface area contributed by atoms with E-state index in [9.17, 15) is 17.6 Å². The van der Waals surface area contributed by atoms with E-state index in [0.717, 1.165) is 0 Å². The Kier molecular flexibility index (Phi) is 3.86. The second kappa shape index (κ2) is 5.16. The molecule has 0 radical (unpaired) electrons. The second-order valence-electron chi connectivity index (χ2n) is 5.71. The summed E-state index contributed by atoms with van der Waals surface area (Å²) >= 11 is 0. The molecule has 0 aromatic heterocycles. The minimum atomic E-state index is -3.02. The molecule has 1 aromatic rings. The highest BCUT2D eigenvalue weighted by Gasteiger charge is 2.35. The molecule has 0 bridgehead atoms. The predicted molar refractivity (Wildman–Crippen MR) is 74.6 cm³/mol. The first-order valence-electron chi connectivity index (χ1n) is 6.48. The summed E-state index contributed by atoms with van der Waals surface area (Å²) in [6.07, 6.45) is 0.452. The zero-order valence-electron chi connectivity index (χ0n) is 11.5. The van der Waals surface area contributed by atoms with Crippen LogP contribution in [0.2, 0.25) is 0 Å². The summed E-state index contributed by atoms with van der Waals surface area (Å²) in [6.45, 7) is 3.47. The summed E-state index contributed by atoms with van der Waals surface area (Å²) in [4.78, 5) is 12.3. The average molecular weight is 299 g/mol. The zero-order chi connectivity index (χ0) is 15.0. The first-order valence-corrected chi connectivity index (χ1v) is 8.30. The first-order chi connectivity index (χ1) is 9.21. The van der Waals surface area contributed by atoms with E-state index in [4.69, 9.17) is 0 Å². The van der Waals surface area contributed by atoms with Gasteiger partial charge in [-0.2, -0.15) is 0 Å². The molecule has 1 fully saturated rings. The first kappa shape index (κ1) is 15.0. The standard InChI is InChI=1S/C14H18FNO3S/c1-14(2,10-3-5-11(15)6-4-10)13(17)16-12-7-8-20(18,19)9-12/h3-6,12H,7-9H2,1-2H3,(H,16,17). The minimum absolute atomic E-state index is 0.00175.